The Morgan fingerprint density at radius 2 is 1.89 bits per heavy atom. The summed E-state index contributed by atoms with van der Waals surface area (Å²) in [5.41, 5.74) is 9.85. The number of carbonyl (C=O) groups is 1. The van der Waals surface area contributed by atoms with Crippen molar-refractivity contribution >= 4 is 5.78 Å². The van der Waals surface area contributed by atoms with E-state index < -0.39 is 0 Å². The molecule has 1 atom stereocenters. The third kappa shape index (κ3) is 2.98. The van der Waals surface area contributed by atoms with Gasteiger partial charge in [0.05, 0.1) is 7.11 Å². The molecule has 1 aromatic rings. The van der Waals surface area contributed by atoms with E-state index >= 15 is 0 Å². The van der Waals surface area contributed by atoms with E-state index in [-0.39, 0.29) is 6.04 Å². The summed E-state index contributed by atoms with van der Waals surface area (Å²) in [6.45, 7) is 4.12. The molecule has 0 radical (unpaired) electrons. The smallest absolute Gasteiger partial charge is 0.132 e. The fraction of sp³-hybridized carbons (Fsp3) is 0.562. The van der Waals surface area contributed by atoms with Crippen LogP contribution in [0.2, 0.25) is 0 Å². The van der Waals surface area contributed by atoms with Gasteiger partial charge in [-0.05, 0) is 38.2 Å². The predicted molar refractivity (Wildman–Crippen MR) is 76.4 cm³/mol. The zero-order valence-corrected chi connectivity index (χ0v) is 12.0. The molecule has 0 aromatic heterocycles. The van der Waals surface area contributed by atoms with Crippen LogP contribution in [0, 0.1) is 19.8 Å². The zero-order chi connectivity index (χ0) is 14.0. The highest BCUT2D eigenvalue weighted by Crippen LogP contribution is 2.37. The maximum Gasteiger partial charge on any atom is 0.132 e. The second-order valence-electron chi connectivity index (χ2n) is 5.61. The van der Waals surface area contributed by atoms with Crippen LogP contribution < -0.4 is 10.5 Å². The van der Waals surface area contributed by atoms with Crippen LogP contribution in [-0.2, 0) is 4.79 Å². The van der Waals surface area contributed by atoms with E-state index in [4.69, 9.17) is 10.5 Å². The van der Waals surface area contributed by atoms with Crippen molar-refractivity contribution in [3.63, 3.8) is 0 Å². The molecular weight excluding hydrogens is 238 g/mol. The van der Waals surface area contributed by atoms with Crippen molar-refractivity contribution in [2.75, 3.05) is 7.11 Å². The topological polar surface area (TPSA) is 52.3 Å². The molecule has 1 aliphatic carbocycles. The Balaban J connectivity index is 2.27. The van der Waals surface area contributed by atoms with E-state index in [1.54, 1.807) is 7.11 Å². The van der Waals surface area contributed by atoms with Gasteiger partial charge < -0.3 is 10.5 Å². The van der Waals surface area contributed by atoms with E-state index in [0.29, 0.717) is 24.5 Å². The number of nitrogens with two attached hydrogens (primary N) is 1. The summed E-state index contributed by atoms with van der Waals surface area (Å²) in [6, 6.07) is 4.19. The second-order valence-corrected chi connectivity index (χ2v) is 5.61. The summed E-state index contributed by atoms with van der Waals surface area (Å²) in [5.74, 6) is 1.65. The first kappa shape index (κ1) is 14.1. The summed E-state index contributed by atoms with van der Waals surface area (Å²) >= 11 is 0. The first-order valence-corrected chi connectivity index (χ1v) is 6.95. The van der Waals surface area contributed by atoms with Gasteiger partial charge in [-0.2, -0.15) is 0 Å². The van der Waals surface area contributed by atoms with Gasteiger partial charge in [0.25, 0.3) is 0 Å². The SMILES string of the molecule is COc1c(C)cc(C)cc1C(N)C1CCC(=O)CC1. The number of ketones is 1. The molecular formula is C16H23NO2. The van der Waals surface area contributed by atoms with E-state index in [1.165, 1.54) is 5.56 Å². The third-order valence-corrected chi connectivity index (χ3v) is 4.11. The Hall–Kier alpha value is -1.35. The Kier molecular flexibility index (Phi) is 4.25. The molecule has 1 fully saturated rings. The van der Waals surface area contributed by atoms with Gasteiger partial charge in [-0.25, -0.2) is 0 Å². The highest BCUT2D eigenvalue weighted by molar-refractivity contribution is 5.79. The number of Topliss-reactive ketones (excluding diaryl/α,β-unsaturated/α-hetero) is 1. The van der Waals surface area contributed by atoms with E-state index in [0.717, 1.165) is 29.7 Å². The van der Waals surface area contributed by atoms with Gasteiger partial charge in [-0.1, -0.05) is 17.7 Å². The molecule has 0 saturated heterocycles. The molecule has 19 heavy (non-hydrogen) atoms. The highest BCUT2D eigenvalue weighted by Gasteiger charge is 2.27. The van der Waals surface area contributed by atoms with Crippen LogP contribution in [0.3, 0.4) is 0 Å². The average molecular weight is 261 g/mol. The van der Waals surface area contributed by atoms with Crippen molar-refractivity contribution in [3.05, 3.63) is 28.8 Å². The van der Waals surface area contributed by atoms with Crippen molar-refractivity contribution in [2.24, 2.45) is 11.7 Å². The summed E-state index contributed by atoms with van der Waals surface area (Å²) in [7, 11) is 1.69. The van der Waals surface area contributed by atoms with Gasteiger partial charge in [-0.15, -0.1) is 0 Å². The molecule has 2 rings (SSSR count). The fourth-order valence-corrected chi connectivity index (χ4v) is 3.09. The average Bonchev–Trinajstić information content (AvgIpc) is 2.38. The highest BCUT2D eigenvalue weighted by atomic mass is 16.5. The number of carbonyl (C=O) groups excluding carboxylic acids is 1. The molecule has 3 heteroatoms. The first-order valence-electron chi connectivity index (χ1n) is 6.95. The Bertz CT molecular complexity index is 472. The molecule has 0 aliphatic heterocycles. The van der Waals surface area contributed by atoms with Crippen molar-refractivity contribution < 1.29 is 9.53 Å². The van der Waals surface area contributed by atoms with Crippen molar-refractivity contribution in [1.29, 1.82) is 0 Å². The van der Waals surface area contributed by atoms with Crippen molar-refractivity contribution in [3.8, 4) is 5.75 Å². The minimum Gasteiger partial charge on any atom is -0.496 e. The molecule has 0 heterocycles. The molecule has 1 aromatic carbocycles. The molecule has 1 unspecified atom stereocenters. The molecule has 3 nitrogen and oxygen atoms in total. The van der Waals surface area contributed by atoms with Crippen LogP contribution >= 0.6 is 0 Å². The lowest BCUT2D eigenvalue weighted by atomic mass is 9.80. The van der Waals surface area contributed by atoms with Gasteiger partial charge in [0.2, 0.25) is 0 Å². The van der Waals surface area contributed by atoms with Crippen LogP contribution in [0.25, 0.3) is 0 Å². The van der Waals surface area contributed by atoms with E-state index in [1.807, 2.05) is 6.92 Å². The number of rotatable bonds is 3. The van der Waals surface area contributed by atoms with Crippen molar-refractivity contribution in [2.45, 2.75) is 45.6 Å². The Morgan fingerprint density at radius 1 is 1.26 bits per heavy atom. The van der Waals surface area contributed by atoms with E-state index in [2.05, 4.69) is 19.1 Å². The maximum absolute atomic E-state index is 11.3. The lowest BCUT2D eigenvalue weighted by Crippen LogP contribution is -2.26. The molecule has 0 spiro atoms. The van der Waals surface area contributed by atoms with Gasteiger partial charge in [0, 0.05) is 24.4 Å². The second kappa shape index (κ2) is 5.74. The summed E-state index contributed by atoms with van der Waals surface area (Å²) in [4.78, 5) is 11.3. The van der Waals surface area contributed by atoms with Crippen LogP contribution in [-0.4, -0.2) is 12.9 Å². The molecule has 0 amide bonds. The minimum atomic E-state index is -0.0401. The van der Waals surface area contributed by atoms with Crippen LogP contribution in [0.1, 0.15) is 48.4 Å². The maximum atomic E-state index is 11.3. The number of methoxy groups -OCH3 is 1. The molecule has 2 N–H and O–H groups in total. The van der Waals surface area contributed by atoms with Crippen LogP contribution in [0.4, 0.5) is 0 Å². The summed E-state index contributed by atoms with van der Waals surface area (Å²) < 4.78 is 5.52. The summed E-state index contributed by atoms with van der Waals surface area (Å²) in [6.07, 6.45) is 3.14. The normalized spacial score (nSPS) is 18.4. The first-order chi connectivity index (χ1) is 9.02. The largest absolute Gasteiger partial charge is 0.496 e. The van der Waals surface area contributed by atoms with E-state index in [9.17, 15) is 4.79 Å². The lowest BCUT2D eigenvalue weighted by Gasteiger charge is -2.29. The van der Waals surface area contributed by atoms with Gasteiger partial charge in [-0.3, -0.25) is 4.79 Å². The number of hydrogen-bond donors (Lipinski definition) is 1. The fourth-order valence-electron chi connectivity index (χ4n) is 3.09. The predicted octanol–water partition coefficient (Wildman–Crippen LogP) is 3.07. The van der Waals surface area contributed by atoms with Gasteiger partial charge in [0.15, 0.2) is 0 Å². The number of hydrogen-bond acceptors (Lipinski definition) is 3. The Labute approximate surface area is 115 Å². The molecule has 1 saturated carbocycles. The molecule has 104 valence electrons. The summed E-state index contributed by atoms with van der Waals surface area (Å²) in [5, 5.41) is 0. The Morgan fingerprint density at radius 3 is 2.47 bits per heavy atom. The lowest BCUT2D eigenvalue weighted by molar-refractivity contribution is -0.121. The van der Waals surface area contributed by atoms with Crippen molar-refractivity contribution in [1.82, 2.24) is 0 Å². The number of benzene rings is 1. The van der Waals surface area contributed by atoms with Crippen LogP contribution in [0.15, 0.2) is 12.1 Å². The molecule has 1 aliphatic rings. The van der Waals surface area contributed by atoms with Crippen LogP contribution in [0.5, 0.6) is 5.75 Å². The monoisotopic (exact) mass is 261 g/mol. The zero-order valence-electron chi connectivity index (χ0n) is 12.0. The molecule has 0 bridgehead atoms. The minimum absolute atomic E-state index is 0.0401. The van der Waals surface area contributed by atoms with Gasteiger partial charge in [0.1, 0.15) is 11.5 Å². The number of aryl methyl sites for hydroxylation is 2. The third-order valence-electron chi connectivity index (χ3n) is 4.11. The quantitative estimate of drug-likeness (QED) is 0.909. The number of ether oxygens (including phenoxy) is 1. The van der Waals surface area contributed by atoms with Gasteiger partial charge >= 0.3 is 0 Å². The standard InChI is InChI=1S/C16H23NO2/c1-10-8-11(2)16(19-3)14(9-10)15(17)12-4-6-13(18)7-5-12/h8-9,12,15H,4-7,17H2,1-3H3.